The molecule has 18 heteroatoms. The molecule has 0 unspecified atom stereocenters. The molecular weight excluding hydrogens is 431 g/mol. The SMILES string of the molecule is O.O.O.O.O.O=[N+]([O-])O.O=[N+]([O-])O.O=[N+]([O-])O.[Ho+3]. The van der Waals surface area contributed by atoms with Crippen LogP contribution in [0.5, 0.6) is 0 Å². The third-order valence-corrected chi connectivity index (χ3v) is 0. The Hall–Kier alpha value is -1.34. The summed E-state index contributed by atoms with van der Waals surface area (Å²) >= 11 is 0. The second-order valence-electron chi connectivity index (χ2n) is 0.714. The van der Waals surface area contributed by atoms with Crippen molar-refractivity contribution in [3.05, 3.63) is 30.3 Å². The van der Waals surface area contributed by atoms with E-state index in [2.05, 4.69) is 0 Å². The van der Waals surface area contributed by atoms with Crippen molar-refractivity contribution in [2.75, 3.05) is 0 Å². The molecule has 0 aromatic carbocycles. The Kier molecular flexibility index (Phi) is 222. The minimum Gasteiger partial charge on any atom is -0.412 e. The second kappa shape index (κ2) is 57.4. The fourth-order valence-electron chi connectivity index (χ4n) is 0. The zero-order valence-electron chi connectivity index (χ0n) is 7.93. The molecule has 0 saturated carbocycles. The van der Waals surface area contributed by atoms with Gasteiger partial charge in [0.2, 0.25) is 0 Å². The van der Waals surface area contributed by atoms with Crippen molar-refractivity contribution in [1.29, 1.82) is 0 Å². The summed E-state index contributed by atoms with van der Waals surface area (Å²) in [5.41, 5.74) is 0. The van der Waals surface area contributed by atoms with Crippen LogP contribution in [-0.2, 0) is 0 Å². The molecule has 13 N–H and O–H groups in total. The predicted octanol–water partition coefficient (Wildman–Crippen LogP) is -5.17. The standard InChI is InChI=1S/Ho.3HNO3.5H2O/c;3*2-1(3)4;;;;;/h;3*(H,2,3,4);5*1H2/q+3;;;;;;;;. The number of hydrogen-bond acceptors (Lipinski definition) is 6. The molecule has 0 amide bonds. The van der Waals surface area contributed by atoms with Crippen LogP contribution in [0, 0.1) is 68.1 Å². The molecule has 0 atom stereocenters. The number of rotatable bonds is 0. The monoisotopic (exact) mass is 444 g/mol. The van der Waals surface area contributed by atoms with Crippen molar-refractivity contribution < 1.29 is 96.0 Å². The summed E-state index contributed by atoms with van der Waals surface area (Å²) < 4.78 is 0. The molecule has 0 aromatic heterocycles. The summed E-state index contributed by atoms with van der Waals surface area (Å²) in [4.78, 5) is 25.1. The van der Waals surface area contributed by atoms with Gasteiger partial charge in [0.05, 0.1) is 0 Å². The molecule has 0 aromatic rings. The molecule has 17 nitrogen and oxygen atoms in total. The van der Waals surface area contributed by atoms with Gasteiger partial charge in [-0.05, 0) is 0 Å². The van der Waals surface area contributed by atoms with E-state index < -0.39 is 15.3 Å². The zero-order chi connectivity index (χ0) is 10.7. The maximum atomic E-state index is 8.36. The smallest absolute Gasteiger partial charge is 0.412 e. The number of hydrogen-bond donors (Lipinski definition) is 3. The largest absolute Gasteiger partial charge is 3.00 e. The molecule has 120 valence electrons. The van der Waals surface area contributed by atoms with E-state index in [0.29, 0.717) is 0 Å². The molecule has 0 radical (unpaired) electrons. The van der Waals surface area contributed by atoms with Gasteiger partial charge in [-0.3, -0.25) is 0 Å². The van der Waals surface area contributed by atoms with Crippen molar-refractivity contribution in [3.8, 4) is 0 Å². The summed E-state index contributed by atoms with van der Waals surface area (Å²) in [6.45, 7) is 0. The Morgan fingerprint density at radius 2 is 0.556 bits per heavy atom. The molecule has 0 aliphatic heterocycles. The van der Waals surface area contributed by atoms with Gasteiger partial charge in [0, 0.05) is 0 Å². The topological polar surface area (TPSA) is 348 Å². The Morgan fingerprint density at radius 3 is 0.556 bits per heavy atom. The van der Waals surface area contributed by atoms with Gasteiger partial charge in [0.15, 0.2) is 0 Å². The van der Waals surface area contributed by atoms with Crippen LogP contribution in [0.25, 0.3) is 0 Å². The molecule has 0 aliphatic carbocycles. The fraction of sp³-hybridized carbons (Fsp3) is 0. The quantitative estimate of drug-likeness (QED) is 0.182. The molecular formula is H13HoN3O14+3. The van der Waals surface area contributed by atoms with E-state index in [-0.39, 0.29) is 65.1 Å². The van der Waals surface area contributed by atoms with Gasteiger partial charge in [0.25, 0.3) is 15.3 Å². The van der Waals surface area contributed by atoms with Gasteiger partial charge in [-0.25, -0.2) is 0 Å². The predicted molar refractivity (Wildman–Crippen MR) is 44.4 cm³/mol. The Labute approximate surface area is 126 Å². The molecule has 18 heavy (non-hydrogen) atoms. The third-order valence-electron chi connectivity index (χ3n) is 0. The third kappa shape index (κ3) is 1520. The average Bonchev–Trinajstić information content (AvgIpc) is 1.54. The first-order valence-electron chi connectivity index (χ1n) is 1.70. The summed E-state index contributed by atoms with van der Waals surface area (Å²) in [6, 6.07) is 0. The normalized spacial score (nSPS) is 4.00. The van der Waals surface area contributed by atoms with E-state index >= 15 is 0 Å². The Bertz CT molecular complexity index is 115. The van der Waals surface area contributed by atoms with E-state index in [9.17, 15) is 0 Å². The van der Waals surface area contributed by atoms with Crippen molar-refractivity contribution in [3.63, 3.8) is 0 Å². The second-order valence-corrected chi connectivity index (χ2v) is 0.714. The van der Waals surface area contributed by atoms with Crippen molar-refractivity contribution >= 4 is 0 Å². The van der Waals surface area contributed by atoms with Crippen LogP contribution >= 0.6 is 0 Å². The van der Waals surface area contributed by atoms with Crippen LogP contribution in [0.4, 0.5) is 0 Å². The Balaban J connectivity index is -0.00000000827. The van der Waals surface area contributed by atoms with Gasteiger partial charge in [-0.2, -0.15) is 0 Å². The molecule has 0 fully saturated rings. The summed E-state index contributed by atoms with van der Waals surface area (Å²) in [5.74, 6) is 0. The van der Waals surface area contributed by atoms with E-state index in [0.717, 1.165) is 0 Å². The van der Waals surface area contributed by atoms with Crippen molar-refractivity contribution in [2.24, 2.45) is 0 Å². The average molecular weight is 444 g/mol. The minimum absolute atomic E-state index is 0. The van der Waals surface area contributed by atoms with Crippen LogP contribution in [0.1, 0.15) is 0 Å². The van der Waals surface area contributed by atoms with E-state index in [4.69, 9.17) is 46.0 Å². The molecule has 0 bridgehead atoms. The van der Waals surface area contributed by atoms with Crippen molar-refractivity contribution in [1.82, 2.24) is 0 Å². The maximum absolute atomic E-state index is 8.36. The van der Waals surface area contributed by atoms with Crippen LogP contribution in [0.3, 0.4) is 0 Å². The first-order valence-corrected chi connectivity index (χ1v) is 1.70. The van der Waals surface area contributed by atoms with E-state index in [1.165, 1.54) is 0 Å². The number of nitrogens with zero attached hydrogens (tertiary/aromatic N) is 3. The van der Waals surface area contributed by atoms with Gasteiger partial charge in [0.1, 0.15) is 0 Å². The summed E-state index contributed by atoms with van der Waals surface area (Å²) in [5, 5.41) is 40.9. The van der Waals surface area contributed by atoms with Gasteiger partial charge in [-0.1, -0.05) is 0 Å². The maximum Gasteiger partial charge on any atom is 3.00 e. The van der Waals surface area contributed by atoms with Crippen LogP contribution in [-0.4, -0.2) is 58.3 Å². The van der Waals surface area contributed by atoms with Crippen LogP contribution in [0.2, 0.25) is 0 Å². The zero-order valence-corrected chi connectivity index (χ0v) is 9.87. The summed E-state index contributed by atoms with van der Waals surface area (Å²) in [6.07, 6.45) is 0. The van der Waals surface area contributed by atoms with Gasteiger partial charge < -0.3 is 43.0 Å². The van der Waals surface area contributed by atoms with E-state index in [1.807, 2.05) is 0 Å². The van der Waals surface area contributed by atoms with Gasteiger partial charge in [-0.15, -0.1) is 30.3 Å². The molecule has 0 saturated heterocycles. The summed E-state index contributed by atoms with van der Waals surface area (Å²) in [7, 11) is 0. The molecule has 0 heterocycles. The van der Waals surface area contributed by atoms with Crippen molar-refractivity contribution in [2.45, 2.75) is 0 Å². The molecule has 0 rings (SSSR count). The Morgan fingerprint density at radius 1 is 0.556 bits per heavy atom. The van der Waals surface area contributed by atoms with Gasteiger partial charge >= 0.3 is 37.7 Å². The fourth-order valence-corrected chi connectivity index (χ4v) is 0. The first-order chi connectivity index (χ1) is 5.20. The minimum atomic E-state index is -1.50. The van der Waals surface area contributed by atoms with Crippen LogP contribution in [0.15, 0.2) is 0 Å². The van der Waals surface area contributed by atoms with Crippen LogP contribution < -0.4 is 0 Å². The van der Waals surface area contributed by atoms with E-state index in [1.54, 1.807) is 0 Å². The molecule has 0 aliphatic rings. The molecule has 0 spiro atoms. The first kappa shape index (κ1) is 69.6.